The van der Waals surface area contributed by atoms with Crippen LogP contribution in [0.4, 0.5) is 9.52 Å². The van der Waals surface area contributed by atoms with Crippen molar-refractivity contribution in [2.75, 3.05) is 5.32 Å². The second-order valence-corrected chi connectivity index (χ2v) is 5.22. The molecule has 0 fully saturated rings. The number of rotatable bonds is 4. The van der Waals surface area contributed by atoms with Crippen LogP contribution in [0, 0.1) is 12.7 Å². The lowest BCUT2D eigenvalue weighted by atomic mass is 10.3. The van der Waals surface area contributed by atoms with Crippen molar-refractivity contribution in [3.63, 3.8) is 0 Å². The Hall–Kier alpha value is -1.95. The third-order valence-electron chi connectivity index (χ3n) is 2.33. The molecular weight excluding hydrogens is 267 g/mol. The van der Waals surface area contributed by atoms with Crippen LogP contribution in [0.3, 0.4) is 0 Å². The number of amides is 1. The SMILES string of the molecule is Cc1cnc(NC(=O)C(C)Oc2cccc(F)c2)s1. The molecule has 0 aliphatic carbocycles. The molecule has 19 heavy (non-hydrogen) atoms. The van der Waals surface area contributed by atoms with Gasteiger partial charge < -0.3 is 4.74 Å². The van der Waals surface area contributed by atoms with E-state index in [9.17, 15) is 9.18 Å². The van der Waals surface area contributed by atoms with E-state index in [0.29, 0.717) is 10.9 Å². The Kier molecular flexibility index (Phi) is 4.11. The van der Waals surface area contributed by atoms with Gasteiger partial charge in [0.05, 0.1) is 0 Å². The van der Waals surface area contributed by atoms with Crippen molar-refractivity contribution >= 4 is 22.4 Å². The summed E-state index contributed by atoms with van der Waals surface area (Å²) in [5.41, 5.74) is 0. The summed E-state index contributed by atoms with van der Waals surface area (Å²) in [4.78, 5) is 16.9. The van der Waals surface area contributed by atoms with Crippen molar-refractivity contribution in [2.24, 2.45) is 0 Å². The minimum atomic E-state index is -0.731. The predicted octanol–water partition coefficient (Wildman–Crippen LogP) is 3.00. The molecule has 1 amide bonds. The van der Waals surface area contributed by atoms with Crippen LogP contribution in [0.2, 0.25) is 0 Å². The van der Waals surface area contributed by atoms with Crippen LogP contribution < -0.4 is 10.1 Å². The van der Waals surface area contributed by atoms with E-state index >= 15 is 0 Å². The number of hydrogen-bond acceptors (Lipinski definition) is 4. The molecule has 0 saturated carbocycles. The molecule has 1 heterocycles. The molecular formula is C13H13FN2O2S. The number of thiazole rings is 1. The minimum absolute atomic E-state index is 0.318. The fourth-order valence-electron chi connectivity index (χ4n) is 1.42. The van der Waals surface area contributed by atoms with Gasteiger partial charge in [0.25, 0.3) is 5.91 Å². The summed E-state index contributed by atoms with van der Waals surface area (Å²) in [6.45, 7) is 3.50. The quantitative estimate of drug-likeness (QED) is 0.936. The Morgan fingerprint density at radius 3 is 2.95 bits per heavy atom. The van der Waals surface area contributed by atoms with Crippen molar-refractivity contribution in [3.05, 3.63) is 41.2 Å². The maximum Gasteiger partial charge on any atom is 0.266 e. The first kappa shape index (κ1) is 13.5. The molecule has 0 spiro atoms. The fraction of sp³-hybridized carbons (Fsp3) is 0.231. The summed E-state index contributed by atoms with van der Waals surface area (Å²) in [7, 11) is 0. The smallest absolute Gasteiger partial charge is 0.266 e. The molecule has 1 aromatic carbocycles. The highest BCUT2D eigenvalue weighted by Crippen LogP contribution is 2.18. The van der Waals surface area contributed by atoms with Gasteiger partial charge in [0.15, 0.2) is 11.2 Å². The van der Waals surface area contributed by atoms with Gasteiger partial charge in [-0.05, 0) is 26.0 Å². The van der Waals surface area contributed by atoms with Crippen LogP contribution in [-0.2, 0) is 4.79 Å². The van der Waals surface area contributed by atoms with Crippen LogP contribution in [0.15, 0.2) is 30.5 Å². The van der Waals surface area contributed by atoms with Crippen LogP contribution in [0.5, 0.6) is 5.75 Å². The Morgan fingerprint density at radius 1 is 1.53 bits per heavy atom. The van der Waals surface area contributed by atoms with Crippen LogP contribution in [0.1, 0.15) is 11.8 Å². The van der Waals surface area contributed by atoms with Gasteiger partial charge in [-0.15, -0.1) is 11.3 Å². The molecule has 0 aliphatic heterocycles. The minimum Gasteiger partial charge on any atom is -0.481 e. The molecule has 1 unspecified atom stereocenters. The summed E-state index contributed by atoms with van der Waals surface area (Å²) >= 11 is 1.38. The highest BCUT2D eigenvalue weighted by Gasteiger charge is 2.16. The predicted molar refractivity (Wildman–Crippen MR) is 72.0 cm³/mol. The Bertz CT molecular complexity index is 586. The molecule has 4 nitrogen and oxygen atoms in total. The molecule has 0 saturated heterocycles. The standard InChI is InChI=1S/C13H13FN2O2S/c1-8-7-15-13(19-8)16-12(17)9(2)18-11-5-3-4-10(14)6-11/h3-7,9H,1-2H3,(H,15,16,17). The van der Waals surface area contributed by atoms with Crippen LogP contribution in [-0.4, -0.2) is 17.0 Å². The first-order valence-corrected chi connectivity index (χ1v) is 6.52. The van der Waals surface area contributed by atoms with Crippen LogP contribution >= 0.6 is 11.3 Å². The van der Waals surface area contributed by atoms with E-state index in [0.717, 1.165) is 4.88 Å². The lowest BCUT2D eigenvalue weighted by molar-refractivity contribution is -0.122. The van der Waals surface area contributed by atoms with Gasteiger partial charge in [0.1, 0.15) is 11.6 Å². The van der Waals surface area contributed by atoms with Gasteiger partial charge in [-0.25, -0.2) is 9.37 Å². The molecule has 0 aliphatic rings. The highest BCUT2D eigenvalue weighted by atomic mass is 32.1. The van der Waals surface area contributed by atoms with Gasteiger partial charge in [0, 0.05) is 17.1 Å². The number of carbonyl (C=O) groups excluding carboxylic acids is 1. The van der Waals surface area contributed by atoms with Gasteiger partial charge in [-0.2, -0.15) is 0 Å². The molecule has 2 rings (SSSR count). The number of benzene rings is 1. The van der Waals surface area contributed by atoms with Gasteiger partial charge >= 0.3 is 0 Å². The lowest BCUT2D eigenvalue weighted by Gasteiger charge is -2.13. The normalized spacial score (nSPS) is 11.9. The number of nitrogens with one attached hydrogen (secondary N) is 1. The number of ether oxygens (including phenoxy) is 1. The van der Waals surface area contributed by atoms with Crippen LogP contribution in [0.25, 0.3) is 0 Å². The van der Waals surface area contributed by atoms with Crippen molar-refractivity contribution < 1.29 is 13.9 Å². The fourth-order valence-corrected chi connectivity index (χ4v) is 2.08. The maximum absolute atomic E-state index is 13.0. The zero-order valence-corrected chi connectivity index (χ0v) is 11.3. The van der Waals surface area contributed by atoms with E-state index in [1.54, 1.807) is 19.2 Å². The Morgan fingerprint density at radius 2 is 2.32 bits per heavy atom. The average molecular weight is 280 g/mol. The Balaban J connectivity index is 1.96. The molecule has 0 bridgehead atoms. The number of carbonyl (C=O) groups is 1. The van der Waals surface area contributed by atoms with E-state index in [-0.39, 0.29) is 5.91 Å². The van der Waals surface area contributed by atoms with Crippen molar-refractivity contribution in [2.45, 2.75) is 20.0 Å². The number of aryl methyl sites for hydroxylation is 1. The van der Waals surface area contributed by atoms with E-state index in [1.807, 2.05) is 6.92 Å². The summed E-state index contributed by atoms with van der Waals surface area (Å²) in [6, 6.07) is 5.67. The molecule has 1 atom stereocenters. The molecule has 100 valence electrons. The average Bonchev–Trinajstić information content (AvgIpc) is 2.74. The van der Waals surface area contributed by atoms with Gasteiger partial charge in [-0.1, -0.05) is 6.07 Å². The second kappa shape index (κ2) is 5.79. The van der Waals surface area contributed by atoms with Crippen molar-refractivity contribution in [3.8, 4) is 5.75 Å². The lowest BCUT2D eigenvalue weighted by Crippen LogP contribution is -2.30. The molecule has 0 radical (unpaired) electrons. The summed E-state index contributed by atoms with van der Waals surface area (Å²) < 4.78 is 18.3. The molecule has 1 N–H and O–H groups in total. The third kappa shape index (κ3) is 3.75. The topological polar surface area (TPSA) is 51.2 Å². The summed E-state index contributed by atoms with van der Waals surface area (Å²) in [5.74, 6) is -0.405. The summed E-state index contributed by atoms with van der Waals surface area (Å²) in [5, 5.41) is 3.17. The largest absolute Gasteiger partial charge is 0.481 e. The molecule has 2 aromatic rings. The number of halogens is 1. The second-order valence-electron chi connectivity index (χ2n) is 3.98. The van der Waals surface area contributed by atoms with Crippen molar-refractivity contribution in [1.29, 1.82) is 0 Å². The number of anilines is 1. The zero-order valence-electron chi connectivity index (χ0n) is 10.5. The van der Waals surface area contributed by atoms with E-state index in [4.69, 9.17) is 4.74 Å². The maximum atomic E-state index is 13.0. The first-order chi connectivity index (χ1) is 9.04. The number of aromatic nitrogens is 1. The van der Waals surface area contributed by atoms with E-state index in [1.165, 1.54) is 29.5 Å². The third-order valence-corrected chi connectivity index (χ3v) is 3.16. The van der Waals surface area contributed by atoms with E-state index < -0.39 is 11.9 Å². The molecule has 1 aromatic heterocycles. The molecule has 6 heteroatoms. The van der Waals surface area contributed by atoms with Gasteiger partial charge in [-0.3, -0.25) is 10.1 Å². The highest BCUT2D eigenvalue weighted by molar-refractivity contribution is 7.15. The zero-order chi connectivity index (χ0) is 13.8. The van der Waals surface area contributed by atoms with Crippen molar-refractivity contribution in [1.82, 2.24) is 4.98 Å². The van der Waals surface area contributed by atoms with Gasteiger partial charge in [0.2, 0.25) is 0 Å². The first-order valence-electron chi connectivity index (χ1n) is 5.70. The Labute approximate surface area is 114 Å². The number of nitrogens with zero attached hydrogens (tertiary/aromatic N) is 1. The monoisotopic (exact) mass is 280 g/mol. The summed E-state index contributed by atoms with van der Waals surface area (Å²) in [6.07, 6.45) is 0.948. The number of hydrogen-bond donors (Lipinski definition) is 1. The van der Waals surface area contributed by atoms with E-state index in [2.05, 4.69) is 10.3 Å².